The van der Waals surface area contributed by atoms with Crippen LogP contribution in [0.25, 0.3) is 0 Å². The summed E-state index contributed by atoms with van der Waals surface area (Å²) in [6.07, 6.45) is 0. The average Bonchev–Trinajstić information content (AvgIpc) is 2.64. The van der Waals surface area contributed by atoms with Gasteiger partial charge in [-0.15, -0.1) is 0 Å². The van der Waals surface area contributed by atoms with E-state index in [9.17, 15) is 14.9 Å². The highest BCUT2D eigenvalue weighted by Gasteiger charge is 2.21. The van der Waals surface area contributed by atoms with Crippen LogP contribution >= 0.6 is 11.3 Å². The molecule has 14 heavy (non-hydrogen) atoms. The molecular weight excluding hydrogens is 208 g/mol. The summed E-state index contributed by atoms with van der Waals surface area (Å²) in [5.41, 5.74) is 5.48. The largest absolute Gasteiger partial charge is 0.468 e. The Hall–Kier alpha value is -1.47. The van der Waals surface area contributed by atoms with Crippen molar-refractivity contribution in [1.29, 1.82) is 0 Å². The van der Waals surface area contributed by atoms with Crippen molar-refractivity contribution in [2.75, 3.05) is 7.11 Å². The zero-order valence-corrected chi connectivity index (χ0v) is 8.11. The van der Waals surface area contributed by atoms with E-state index in [0.717, 1.165) is 11.3 Å². The van der Waals surface area contributed by atoms with E-state index in [2.05, 4.69) is 4.74 Å². The van der Waals surface area contributed by atoms with Gasteiger partial charge in [0.2, 0.25) is 0 Å². The molecule has 1 aromatic rings. The number of carbonyl (C=O) groups excluding carboxylic acids is 1. The first-order valence-corrected chi connectivity index (χ1v) is 4.45. The van der Waals surface area contributed by atoms with Gasteiger partial charge < -0.3 is 10.5 Å². The number of thiophene rings is 1. The van der Waals surface area contributed by atoms with E-state index in [1.807, 2.05) is 0 Å². The fourth-order valence-corrected chi connectivity index (χ4v) is 1.66. The highest BCUT2D eigenvalue weighted by atomic mass is 32.1. The molecular formula is C7H8N2O4S. The lowest BCUT2D eigenvalue weighted by atomic mass is 10.2. The molecule has 1 heterocycles. The van der Waals surface area contributed by atoms with E-state index in [1.165, 1.54) is 19.2 Å². The van der Waals surface area contributed by atoms with Crippen molar-refractivity contribution in [3.8, 4) is 0 Å². The summed E-state index contributed by atoms with van der Waals surface area (Å²) in [6.45, 7) is 0. The molecule has 0 aliphatic heterocycles. The molecule has 7 heteroatoms. The third-order valence-electron chi connectivity index (χ3n) is 1.55. The summed E-state index contributed by atoms with van der Waals surface area (Å²) in [5.74, 6) is -0.609. The van der Waals surface area contributed by atoms with Gasteiger partial charge in [0.25, 0.3) is 0 Å². The van der Waals surface area contributed by atoms with Crippen molar-refractivity contribution in [3.05, 3.63) is 27.1 Å². The van der Waals surface area contributed by atoms with Crippen LogP contribution in [0.3, 0.4) is 0 Å². The minimum Gasteiger partial charge on any atom is -0.468 e. The van der Waals surface area contributed by atoms with E-state index in [4.69, 9.17) is 5.73 Å². The Balaban J connectivity index is 2.86. The molecule has 0 radical (unpaired) electrons. The monoisotopic (exact) mass is 216 g/mol. The van der Waals surface area contributed by atoms with Gasteiger partial charge >= 0.3 is 11.0 Å². The second-order valence-electron chi connectivity index (χ2n) is 2.43. The summed E-state index contributed by atoms with van der Waals surface area (Å²) in [5, 5.41) is 10.3. The van der Waals surface area contributed by atoms with Gasteiger partial charge in [-0.1, -0.05) is 11.3 Å². The molecule has 0 fully saturated rings. The molecule has 1 atom stereocenters. The van der Waals surface area contributed by atoms with Crippen molar-refractivity contribution in [2.45, 2.75) is 6.04 Å². The van der Waals surface area contributed by atoms with E-state index in [0.29, 0.717) is 4.88 Å². The molecule has 2 N–H and O–H groups in total. The fourth-order valence-electron chi connectivity index (χ4n) is 0.851. The molecule has 0 saturated carbocycles. The smallest absolute Gasteiger partial charge is 0.328 e. The molecule has 0 spiro atoms. The quantitative estimate of drug-likeness (QED) is 0.458. The summed E-state index contributed by atoms with van der Waals surface area (Å²) in [6, 6.07) is 1.81. The summed E-state index contributed by atoms with van der Waals surface area (Å²) >= 11 is 0.868. The fraction of sp³-hybridized carbons (Fsp3) is 0.286. The third kappa shape index (κ3) is 2.06. The third-order valence-corrected chi connectivity index (χ3v) is 2.67. The zero-order chi connectivity index (χ0) is 10.7. The second kappa shape index (κ2) is 4.16. The summed E-state index contributed by atoms with van der Waals surface area (Å²) in [4.78, 5) is 21.2. The van der Waals surface area contributed by atoms with Gasteiger partial charge in [0.15, 0.2) is 0 Å². The van der Waals surface area contributed by atoms with Crippen LogP contribution in [-0.4, -0.2) is 18.0 Å². The maximum Gasteiger partial charge on any atom is 0.328 e. The highest BCUT2D eigenvalue weighted by molar-refractivity contribution is 7.15. The van der Waals surface area contributed by atoms with Crippen molar-refractivity contribution >= 4 is 22.3 Å². The van der Waals surface area contributed by atoms with Crippen molar-refractivity contribution in [1.82, 2.24) is 0 Å². The molecule has 0 aliphatic carbocycles. The van der Waals surface area contributed by atoms with Crippen LogP contribution in [-0.2, 0) is 9.53 Å². The number of carbonyl (C=O) groups is 1. The van der Waals surface area contributed by atoms with E-state index in [-0.39, 0.29) is 5.00 Å². The first kappa shape index (κ1) is 10.6. The van der Waals surface area contributed by atoms with Gasteiger partial charge in [0.05, 0.1) is 12.0 Å². The number of ether oxygens (including phenoxy) is 1. The normalized spacial score (nSPS) is 12.1. The van der Waals surface area contributed by atoms with Gasteiger partial charge in [-0.2, -0.15) is 0 Å². The Morgan fingerprint density at radius 3 is 2.79 bits per heavy atom. The number of rotatable bonds is 3. The lowest BCUT2D eigenvalue weighted by molar-refractivity contribution is -0.380. The molecule has 0 aromatic carbocycles. The minimum atomic E-state index is -0.946. The van der Waals surface area contributed by atoms with Crippen LogP contribution in [0.15, 0.2) is 12.1 Å². The Morgan fingerprint density at radius 1 is 1.71 bits per heavy atom. The van der Waals surface area contributed by atoms with Gasteiger partial charge in [0.1, 0.15) is 6.04 Å². The molecule has 1 rings (SSSR count). The molecule has 1 aromatic heterocycles. The first-order valence-electron chi connectivity index (χ1n) is 3.63. The molecule has 76 valence electrons. The van der Waals surface area contributed by atoms with Crippen LogP contribution in [0, 0.1) is 10.1 Å². The lowest BCUT2D eigenvalue weighted by Gasteiger charge is -2.04. The molecule has 0 aliphatic rings. The molecule has 0 unspecified atom stereocenters. The topological polar surface area (TPSA) is 95.5 Å². The van der Waals surface area contributed by atoms with Gasteiger partial charge in [-0.25, -0.2) is 4.79 Å². The number of nitrogens with two attached hydrogens (primary N) is 1. The van der Waals surface area contributed by atoms with E-state index < -0.39 is 16.9 Å². The zero-order valence-electron chi connectivity index (χ0n) is 7.30. The number of hydrogen-bond donors (Lipinski definition) is 1. The SMILES string of the molecule is COC(=O)[C@@H](N)c1ccc([N+](=O)[O-])s1. The maximum absolute atomic E-state index is 11.0. The minimum absolute atomic E-state index is 0.0423. The number of nitro groups is 1. The summed E-state index contributed by atoms with van der Waals surface area (Å²) in [7, 11) is 1.21. The van der Waals surface area contributed by atoms with Crippen LogP contribution in [0.1, 0.15) is 10.9 Å². The average molecular weight is 216 g/mol. The summed E-state index contributed by atoms with van der Waals surface area (Å²) < 4.78 is 4.41. The standard InChI is InChI=1S/C7H8N2O4S/c1-13-7(10)6(8)4-2-3-5(14-4)9(11)12/h2-3,6H,8H2,1H3/t6-/m0/s1. The van der Waals surface area contributed by atoms with Crippen LogP contribution in [0.4, 0.5) is 5.00 Å². The predicted molar refractivity (Wildman–Crippen MR) is 49.9 cm³/mol. The molecule has 6 nitrogen and oxygen atoms in total. The van der Waals surface area contributed by atoms with Gasteiger partial charge in [0, 0.05) is 10.9 Å². The van der Waals surface area contributed by atoms with Crippen LogP contribution in [0.5, 0.6) is 0 Å². The number of esters is 1. The van der Waals surface area contributed by atoms with E-state index in [1.54, 1.807) is 0 Å². The molecule has 0 saturated heterocycles. The second-order valence-corrected chi connectivity index (χ2v) is 3.53. The van der Waals surface area contributed by atoms with Crippen molar-refractivity contribution in [3.63, 3.8) is 0 Å². The number of methoxy groups -OCH3 is 1. The lowest BCUT2D eigenvalue weighted by Crippen LogP contribution is -2.21. The van der Waals surface area contributed by atoms with Gasteiger partial charge in [-0.3, -0.25) is 10.1 Å². The Labute approximate surface area is 83.4 Å². The van der Waals surface area contributed by atoms with Gasteiger partial charge in [-0.05, 0) is 6.07 Å². The van der Waals surface area contributed by atoms with E-state index >= 15 is 0 Å². The Bertz CT molecular complexity index is 362. The van der Waals surface area contributed by atoms with Crippen LogP contribution in [0.2, 0.25) is 0 Å². The first-order chi connectivity index (χ1) is 6.56. The maximum atomic E-state index is 11.0. The molecule has 0 amide bonds. The Morgan fingerprint density at radius 2 is 2.36 bits per heavy atom. The highest BCUT2D eigenvalue weighted by Crippen LogP contribution is 2.28. The number of nitrogens with zero attached hydrogens (tertiary/aromatic N) is 1. The molecule has 0 bridgehead atoms. The predicted octanol–water partition coefficient (Wildman–Crippen LogP) is 0.829. The van der Waals surface area contributed by atoms with Crippen molar-refractivity contribution < 1.29 is 14.5 Å². The van der Waals surface area contributed by atoms with Crippen LogP contribution < -0.4 is 5.73 Å². The van der Waals surface area contributed by atoms with Crippen molar-refractivity contribution in [2.24, 2.45) is 5.73 Å². The Kier molecular flexibility index (Phi) is 3.15. The number of hydrogen-bond acceptors (Lipinski definition) is 6.